The number of hydrogen-bond donors (Lipinski definition) is 2. The number of nitrogens with zero attached hydrogens (tertiary/aromatic N) is 3. The van der Waals surface area contributed by atoms with Gasteiger partial charge in [0.25, 0.3) is 5.56 Å². The first-order valence-corrected chi connectivity index (χ1v) is 9.64. The molecule has 0 saturated carbocycles. The predicted molar refractivity (Wildman–Crippen MR) is 101 cm³/mol. The number of aromatic nitrogens is 3. The Morgan fingerprint density at radius 1 is 1.32 bits per heavy atom. The van der Waals surface area contributed by atoms with Crippen molar-refractivity contribution >= 4 is 32.7 Å². The summed E-state index contributed by atoms with van der Waals surface area (Å²) in [7, 11) is 0. The number of hydrogen-bond acceptors (Lipinski definition) is 6. The van der Waals surface area contributed by atoms with Crippen LogP contribution >= 0.6 is 11.3 Å². The summed E-state index contributed by atoms with van der Waals surface area (Å²) in [5.74, 6) is -1.65. The zero-order valence-corrected chi connectivity index (χ0v) is 15.6. The van der Waals surface area contributed by atoms with Gasteiger partial charge in [-0.05, 0) is 18.9 Å². The van der Waals surface area contributed by atoms with Gasteiger partial charge in [-0.2, -0.15) is 4.98 Å². The van der Waals surface area contributed by atoms with Gasteiger partial charge in [0.05, 0.1) is 6.33 Å². The number of carbonyl (C=O) groups excluding carboxylic acids is 1. The minimum Gasteiger partial charge on any atom is -0.352 e. The van der Waals surface area contributed by atoms with Gasteiger partial charge in [0.15, 0.2) is 10.8 Å². The Kier molecular flexibility index (Phi) is 5.03. The van der Waals surface area contributed by atoms with Gasteiger partial charge in [-0.25, -0.2) is 13.8 Å². The Hall–Kier alpha value is -2.88. The zero-order valence-electron chi connectivity index (χ0n) is 14.7. The Bertz CT molecular complexity index is 1080. The number of anilines is 1. The van der Waals surface area contributed by atoms with Gasteiger partial charge in [0.2, 0.25) is 5.91 Å². The van der Waals surface area contributed by atoms with Gasteiger partial charge in [-0.3, -0.25) is 9.59 Å². The topological polar surface area (TPSA) is 91.0 Å². The molecule has 0 radical (unpaired) electrons. The summed E-state index contributed by atoms with van der Waals surface area (Å²) >= 11 is 1.29. The molecule has 0 unspecified atom stereocenters. The Morgan fingerprint density at radius 3 is 2.82 bits per heavy atom. The standard InChI is InChI=1S/C18H17F2N5O2S/c19-12-2-1-11(13(20)7-12)8-21-16(26)10-3-5-25(6-4-10)18-24-15-14(28-18)17(27)23-9-22-15/h1-2,7,9-10H,3-6,8H2,(H,21,26)(H,22,23,27). The number of amides is 1. The summed E-state index contributed by atoms with van der Waals surface area (Å²) in [6.07, 6.45) is 2.57. The highest BCUT2D eigenvalue weighted by atomic mass is 32.1. The van der Waals surface area contributed by atoms with E-state index in [1.807, 2.05) is 4.90 Å². The van der Waals surface area contributed by atoms with E-state index in [9.17, 15) is 18.4 Å². The number of thiazole rings is 1. The molecule has 0 spiro atoms. The van der Waals surface area contributed by atoms with Gasteiger partial charge >= 0.3 is 0 Å². The van der Waals surface area contributed by atoms with E-state index in [0.29, 0.717) is 41.4 Å². The predicted octanol–water partition coefficient (Wildman–Crippen LogP) is 2.19. The molecule has 3 heterocycles. The highest BCUT2D eigenvalue weighted by molar-refractivity contribution is 7.22. The van der Waals surface area contributed by atoms with Crippen LogP contribution in [0.3, 0.4) is 0 Å². The van der Waals surface area contributed by atoms with Crippen LogP contribution in [0.15, 0.2) is 29.3 Å². The van der Waals surface area contributed by atoms with E-state index in [0.717, 1.165) is 6.07 Å². The molecule has 1 amide bonds. The highest BCUT2D eigenvalue weighted by Gasteiger charge is 2.27. The van der Waals surface area contributed by atoms with Crippen molar-refractivity contribution in [1.82, 2.24) is 20.3 Å². The summed E-state index contributed by atoms with van der Waals surface area (Å²) in [6, 6.07) is 3.30. The van der Waals surface area contributed by atoms with E-state index in [1.54, 1.807) is 0 Å². The molecule has 0 atom stereocenters. The van der Waals surface area contributed by atoms with E-state index in [-0.39, 0.29) is 29.5 Å². The minimum absolute atomic E-state index is 0.0253. The van der Waals surface area contributed by atoms with Crippen molar-refractivity contribution in [3.63, 3.8) is 0 Å². The molecule has 1 aliphatic rings. The van der Waals surface area contributed by atoms with Crippen molar-refractivity contribution in [2.45, 2.75) is 19.4 Å². The maximum atomic E-state index is 13.7. The van der Waals surface area contributed by atoms with Crippen molar-refractivity contribution in [3.8, 4) is 0 Å². The molecule has 7 nitrogen and oxygen atoms in total. The maximum absolute atomic E-state index is 13.7. The molecule has 3 aromatic rings. The van der Waals surface area contributed by atoms with Gasteiger partial charge in [0.1, 0.15) is 16.3 Å². The average Bonchev–Trinajstić information content (AvgIpc) is 3.13. The molecule has 28 heavy (non-hydrogen) atoms. The smallest absolute Gasteiger partial charge is 0.270 e. The van der Waals surface area contributed by atoms with E-state index in [1.165, 1.54) is 29.8 Å². The van der Waals surface area contributed by atoms with Crippen LogP contribution in [0.25, 0.3) is 10.3 Å². The number of halogens is 2. The fourth-order valence-electron chi connectivity index (χ4n) is 3.21. The number of H-pyrrole nitrogens is 1. The molecule has 1 saturated heterocycles. The lowest BCUT2D eigenvalue weighted by Gasteiger charge is -2.31. The summed E-state index contributed by atoms with van der Waals surface area (Å²) < 4.78 is 27.1. The van der Waals surface area contributed by atoms with Crippen molar-refractivity contribution in [3.05, 3.63) is 52.1 Å². The molecular weight excluding hydrogens is 388 g/mol. The first-order valence-electron chi connectivity index (χ1n) is 8.82. The van der Waals surface area contributed by atoms with Gasteiger partial charge < -0.3 is 15.2 Å². The molecular formula is C18H17F2N5O2S. The highest BCUT2D eigenvalue weighted by Crippen LogP contribution is 2.29. The lowest BCUT2D eigenvalue weighted by molar-refractivity contribution is -0.125. The van der Waals surface area contributed by atoms with Gasteiger partial charge in [0, 0.05) is 37.2 Å². The molecule has 10 heteroatoms. The monoisotopic (exact) mass is 405 g/mol. The summed E-state index contributed by atoms with van der Waals surface area (Å²) in [5.41, 5.74) is 0.459. The fourth-order valence-corrected chi connectivity index (χ4v) is 4.18. The molecule has 1 aromatic carbocycles. The molecule has 2 aromatic heterocycles. The van der Waals surface area contributed by atoms with Crippen molar-refractivity contribution < 1.29 is 13.6 Å². The SMILES string of the molecule is O=C(NCc1ccc(F)cc1F)C1CCN(c2nc3nc[nH]c(=O)c3s2)CC1. The van der Waals surface area contributed by atoms with Gasteiger partial charge in [-0.1, -0.05) is 17.4 Å². The third kappa shape index (κ3) is 3.72. The Balaban J connectivity index is 1.34. The lowest BCUT2D eigenvalue weighted by Crippen LogP contribution is -2.40. The second-order valence-corrected chi connectivity index (χ2v) is 7.57. The number of fused-ring (bicyclic) bond motifs is 1. The van der Waals surface area contributed by atoms with Crippen molar-refractivity contribution in [2.75, 3.05) is 18.0 Å². The van der Waals surface area contributed by atoms with E-state index in [2.05, 4.69) is 20.3 Å². The molecule has 2 N–H and O–H groups in total. The van der Waals surface area contributed by atoms with Crippen LogP contribution in [0.2, 0.25) is 0 Å². The lowest BCUT2D eigenvalue weighted by atomic mass is 9.96. The van der Waals surface area contributed by atoms with Crippen LogP contribution in [-0.2, 0) is 11.3 Å². The quantitative estimate of drug-likeness (QED) is 0.694. The minimum atomic E-state index is -0.672. The summed E-state index contributed by atoms with van der Waals surface area (Å²) in [5, 5.41) is 3.44. The molecule has 1 aliphatic heterocycles. The van der Waals surface area contributed by atoms with Crippen LogP contribution in [0, 0.1) is 17.6 Å². The third-order valence-electron chi connectivity index (χ3n) is 4.79. The van der Waals surface area contributed by atoms with Crippen LogP contribution < -0.4 is 15.8 Å². The average molecular weight is 405 g/mol. The second kappa shape index (κ2) is 7.63. The maximum Gasteiger partial charge on any atom is 0.270 e. The normalized spacial score (nSPS) is 15.1. The fraction of sp³-hybridized carbons (Fsp3) is 0.333. The van der Waals surface area contributed by atoms with E-state index < -0.39 is 11.6 Å². The van der Waals surface area contributed by atoms with Crippen LogP contribution in [0.4, 0.5) is 13.9 Å². The number of piperidine rings is 1. The van der Waals surface area contributed by atoms with Gasteiger partial charge in [-0.15, -0.1) is 0 Å². The third-order valence-corrected chi connectivity index (χ3v) is 5.90. The van der Waals surface area contributed by atoms with E-state index >= 15 is 0 Å². The first kappa shape index (κ1) is 18.5. The number of benzene rings is 1. The molecule has 1 fully saturated rings. The zero-order chi connectivity index (χ0) is 19.7. The number of carbonyl (C=O) groups is 1. The Morgan fingerprint density at radius 2 is 2.11 bits per heavy atom. The Labute approximate surface area is 162 Å². The molecule has 146 valence electrons. The first-order chi connectivity index (χ1) is 13.5. The molecule has 0 bridgehead atoms. The van der Waals surface area contributed by atoms with E-state index in [4.69, 9.17) is 0 Å². The summed E-state index contributed by atoms with van der Waals surface area (Å²) in [6.45, 7) is 1.28. The van der Waals surface area contributed by atoms with Crippen LogP contribution in [0.1, 0.15) is 18.4 Å². The van der Waals surface area contributed by atoms with Crippen molar-refractivity contribution in [2.24, 2.45) is 5.92 Å². The number of nitrogens with one attached hydrogen (secondary N) is 2. The summed E-state index contributed by atoms with van der Waals surface area (Å²) in [4.78, 5) is 37.2. The van der Waals surface area contributed by atoms with Crippen LogP contribution in [0.5, 0.6) is 0 Å². The second-order valence-electron chi connectivity index (χ2n) is 6.60. The molecule has 4 rings (SSSR count). The number of rotatable bonds is 4. The largest absolute Gasteiger partial charge is 0.352 e. The molecule has 0 aliphatic carbocycles. The van der Waals surface area contributed by atoms with Crippen molar-refractivity contribution in [1.29, 1.82) is 0 Å². The number of aromatic amines is 1. The van der Waals surface area contributed by atoms with Crippen LogP contribution in [-0.4, -0.2) is 33.9 Å².